The zero-order valence-electron chi connectivity index (χ0n) is 12.1. The Labute approximate surface area is 137 Å². The number of amides is 1. The van der Waals surface area contributed by atoms with Crippen molar-refractivity contribution in [2.75, 3.05) is 5.32 Å². The Morgan fingerprint density at radius 1 is 1.39 bits per heavy atom. The first-order valence-corrected chi connectivity index (χ1v) is 7.52. The number of anilines is 1. The van der Waals surface area contributed by atoms with Gasteiger partial charge < -0.3 is 5.32 Å². The van der Waals surface area contributed by atoms with Crippen molar-refractivity contribution in [2.45, 2.75) is 25.3 Å². The molecule has 1 saturated carbocycles. The van der Waals surface area contributed by atoms with E-state index in [-0.39, 0.29) is 12.1 Å². The van der Waals surface area contributed by atoms with E-state index in [0.717, 1.165) is 23.2 Å². The molecule has 0 bridgehead atoms. The molecule has 7 heteroatoms. The summed E-state index contributed by atoms with van der Waals surface area (Å²) in [5.41, 5.74) is 1.11. The summed E-state index contributed by atoms with van der Waals surface area (Å²) >= 11 is 5.88. The largest absolute Gasteiger partial charge is 0.323 e. The molecular weight excluding hydrogens is 316 g/mol. The predicted octanol–water partition coefficient (Wildman–Crippen LogP) is 2.28. The van der Waals surface area contributed by atoms with E-state index in [1.54, 1.807) is 12.1 Å². The molecule has 2 aromatic rings. The normalized spacial score (nSPS) is 13.4. The number of hydrogen-bond donors (Lipinski definition) is 1. The molecule has 1 aliphatic rings. The summed E-state index contributed by atoms with van der Waals surface area (Å²) in [6, 6.07) is 9.70. The van der Waals surface area contributed by atoms with Crippen molar-refractivity contribution in [1.29, 1.82) is 5.26 Å². The molecule has 0 unspecified atom stereocenters. The molecule has 1 N–H and O–H groups in total. The average molecular weight is 329 g/mol. The third-order valence-corrected chi connectivity index (χ3v) is 3.79. The molecule has 0 atom stereocenters. The van der Waals surface area contributed by atoms with E-state index in [1.165, 1.54) is 18.2 Å². The summed E-state index contributed by atoms with van der Waals surface area (Å²) in [4.78, 5) is 24.0. The van der Waals surface area contributed by atoms with Crippen LogP contribution in [0.1, 0.15) is 30.0 Å². The number of carbonyl (C=O) groups excluding carboxylic acids is 1. The molecule has 0 aliphatic heterocycles. The van der Waals surface area contributed by atoms with Gasteiger partial charge in [0.05, 0.1) is 16.9 Å². The van der Waals surface area contributed by atoms with E-state index in [4.69, 9.17) is 16.9 Å². The highest BCUT2D eigenvalue weighted by molar-refractivity contribution is 6.31. The third kappa shape index (κ3) is 3.58. The minimum absolute atomic E-state index is 0.212. The van der Waals surface area contributed by atoms with Crippen molar-refractivity contribution < 1.29 is 4.79 Å². The van der Waals surface area contributed by atoms with Gasteiger partial charge in [-0.15, -0.1) is 0 Å². The van der Waals surface area contributed by atoms with Gasteiger partial charge in [-0.25, -0.2) is 4.68 Å². The molecule has 1 amide bonds. The second-order valence-electron chi connectivity index (χ2n) is 5.38. The number of rotatable bonds is 4. The molecule has 0 spiro atoms. The molecule has 6 nitrogen and oxygen atoms in total. The molecule has 0 saturated heterocycles. The molecule has 1 fully saturated rings. The van der Waals surface area contributed by atoms with Gasteiger partial charge in [0.15, 0.2) is 0 Å². The van der Waals surface area contributed by atoms with Gasteiger partial charge in [-0.05, 0) is 37.1 Å². The SMILES string of the molecule is N#Cc1ccc(Cl)cc1NC(=O)Cn1nc(C2CC2)ccc1=O. The topological polar surface area (TPSA) is 87.8 Å². The summed E-state index contributed by atoms with van der Waals surface area (Å²) < 4.78 is 1.14. The maximum absolute atomic E-state index is 12.1. The first-order valence-electron chi connectivity index (χ1n) is 7.14. The van der Waals surface area contributed by atoms with Crippen LogP contribution < -0.4 is 10.9 Å². The fourth-order valence-corrected chi connectivity index (χ4v) is 2.39. The molecule has 1 aromatic carbocycles. The fraction of sp³-hybridized carbons (Fsp3) is 0.250. The lowest BCUT2D eigenvalue weighted by atomic mass is 10.2. The lowest BCUT2D eigenvalue weighted by Crippen LogP contribution is -2.29. The van der Waals surface area contributed by atoms with E-state index in [0.29, 0.717) is 22.2 Å². The van der Waals surface area contributed by atoms with Crippen LogP contribution >= 0.6 is 11.6 Å². The fourth-order valence-electron chi connectivity index (χ4n) is 2.22. The van der Waals surface area contributed by atoms with Crippen LogP contribution in [-0.4, -0.2) is 15.7 Å². The van der Waals surface area contributed by atoms with Crippen LogP contribution in [0.15, 0.2) is 35.1 Å². The first kappa shape index (κ1) is 15.3. The Balaban J connectivity index is 1.78. The summed E-state index contributed by atoms with van der Waals surface area (Å²) in [6.07, 6.45) is 2.12. The molecule has 116 valence electrons. The Morgan fingerprint density at radius 3 is 2.87 bits per heavy atom. The van der Waals surface area contributed by atoms with Gasteiger partial charge >= 0.3 is 0 Å². The second-order valence-corrected chi connectivity index (χ2v) is 5.81. The van der Waals surface area contributed by atoms with E-state index in [1.807, 2.05) is 6.07 Å². The molecule has 1 heterocycles. The number of halogens is 1. The van der Waals surface area contributed by atoms with Crippen LogP contribution in [0.4, 0.5) is 5.69 Å². The number of hydrogen-bond acceptors (Lipinski definition) is 4. The lowest BCUT2D eigenvalue weighted by Gasteiger charge is -2.09. The highest BCUT2D eigenvalue weighted by atomic mass is 35.5. The minimum atomic E-state index is -0.439. The van der Waals surface area contributed by atoms with Gasteiger partial charge in [0.25, 0.3) is 5.56 Å². The highest BCUT2D eigenvalue weighted by Crippen LogP contribution is 2.38. The summed E-state index contributed by atoms with van der Waals surface area (Å²) in [5.74, 6) is -0.0469. The average Bonchev–Trinajstić information content (AvgIpc) is 3.34. The zero-order chi connectivity index (χ0) is 16.4. The number of nitriles is 1. The number of nitrogens with one attached hydrogen (secondary N) is 1. The highest BCUT2D eigenvalue weighted by Gasteiger charge is 2.25. The van der Waals surface area contributed by atoms with E-state index >= 15 is 0 Å². The van der Waals surface area contributed by atoms with Crippen LogP contribution in [0.25, 0.3) is 0 Å². The van der Waals surface area contributed by atoms with Gasteiger partial charge in [-0.3, -0.25) is 9.59 Å². The van der Waals surface area contributed by atoms with Crippen molar-refractivity contribution in [3.05, 3.63) is 57.0 Å². The Bertz CT molecular complexity index is 865. The number of benzene rings is 1. The van der Waals surface area contributed by atoms with Gasteiger partial charge in [0.2, 0.25) is 5.91 Å². The third-order valence-electron chi connectivity index (χ3n) is 3.55. The molecule has 1 aliphatic carbocycles. The molecule has 3 rings (SSSR count). The van der Waals surface area contributed by atoms with Gasteiger partial charge in [-0.1, -0.05) is 11.6 Å². The number of nitrogens with zero attached hydrogens (tertiary/aromatic N) is 3. The Morgan fingerprint density at radius 2 is 2.17 bits per heavy atom. The summed E-state index contributed by atoms with van der Waals surface area (Å²) in [7, 11) is 0. The van der Waals surface area contributed by atoms with Crippen molar-refractivity contribution >= 4 is 23.2 Å². The van der Waals surface area contributed by atoms with Crippen LogP contribution in [0.2, 0.25) is 5.02 Å². The molecule has 0 radical (unpaired) electrons. The summed E-state index contributed by atoms with van der Waals surface area (Å²) in [6.45, 7) is -0.212. The standard InChI is InChI=1S/C16H13ClN4O2/c17-12-4-3-11(8-18)14(7-12)19-15(22)9-21-16(23)6-5-13(20-21)10-1-2-10/h3-7,10H,1-2,9H2,(H,19,22). The Hall–Kier alpha value is -2.65. The van der Waals surface area contributed by atoms with Crippen LogP contribution in [0, 0.1) is 11.3 Å². The lowest BCUT2D eigenvalue weighted by molar-refractivity contribution is -0.117. The van der Waals surface area contributed by atoms with Gasteiger partial charge in [0, 0.05) is 17.0 Å². The van der Waals surface area contributed by atoms with Crippen molar-refractivity contribution in [2.24, 2.45) is 0 Å². The van der Waals surface area contributed by atoms with E-state index in [9.17, 15) is 9.59 Å². The maximum atomic E-state index is 12.1. The van der Waals surface area contributed by atoms with Crippen LogP contribution in [0.5, 0.6) is 0 Å². The van der Waals surface area contributed by atoms with E-state index in [2.05, 4.69) is 10.4 Å². The second kappa shape index (κ2) is 6.23. The van der Waals surface area contributed by atoms with E-state index < -0.39 is 5.91 Å². The molecule has 23 heavy (non-hydrogen) atoms. The van der Waals surface area contributed by atoms with Crippen molar-refractivity contribution in [3.63, 3.8) is 0 Å². The quantitative estimate of drug-likeness (QED) is 0.932. The predicted molar refractivity (Wildman–Crippen MR) is 85.3 cm³/mol. The zero-order valence-corrected chi connectivity index (χ0v) is 12.9. The van der Waals surface area contributed by atoms with Crippen molar-refractivity contribution in [3.8, 4) is 6.07 Å². The summed E-state index contributed by atoms with van der Waals surface area (Å²) in [5, 5.41) is 16.3. The molecular formula is C16H13ClN4O2. The number of carbonyl (C=O) groups is 1. The number of aromatic nitrogens is 2. The van der Waals surface area contributed by atoms with Crippen LogP contribution in [0.3, 0.4) is 0 Å². The van der Waals surface area contributed by atoms with Crippen molar-refractivity contribution in [1.82, 2.24) is 9.78 Å². The smallest absolute Gasteiger partial charge is 0.267 e. The van der Waals surface area contributed by atoms with Gasteiger partial charge in [-0.2, -0.15) is 10.4 Å². The van der Waals surface area contributed by atoms with Crippen LogP contribution in [-0.2, 0) is 11.3 Å². The Kier molecular flexibility index (Phi) is 4.13. The monoisotopic (exact) mass is 328 g/mol. The first-order chi connectivity index (χ1) is 11.1. The molecule has 1 aromatic heterocycles. The van der Waals surface area contributed by atoms with Gasteiger partial charge in [0.1, 0.15) is 12.6 Å². The minimum Gasteiger partial charge on any atom is -0.323 e. The maximum Gasteiger partial charge on any atom is 0.267 e.